The molecule has 2 atom stereocenters. The Morgan fingerprint density at radius 2 is 2.57 bits per heavy atom. The second-order valence-corrected chi connectivity index (χ2v) is 5.25. The molecular formula is C14H24N4O3. The summed E-state index contributed by atoms with van der Waals surface area (Å²) in [6, 6.07) is -0.0912. The molecule has 0 saturated carbocycles. The van der Waals surface area contributed by atoms with Gasteiger partial charge in [-0.2, -0.15) is 0 Å². The molecule has 2 rings (SSSR count). The Bertz CT molecular complexity index is 443. The van der Waals surface area contributed by atoms with Crippen LogP contribution in [-0.4, -0.2) is 48.9 Å². The molecule has 1 fully saturated rings. The Balaban J connectivity index is 1.83. The molecule has 1 aliphatic heterocycles. The van der Waals surface area contributed by atoms with E-state index in [-0.39, 0.29) is 11.9 Å². The molecule has 1 amide bonds. The average molecular weight is 296 g/mol. The summed E-state index contributed by atoms with van der Waals surface area (Å²) in [5.41, 5.74) is 7.26. The third-order valence-electron chi connectivity index (χ3n) is 3.77. The Kier molecular flexibility index (Phi) is 6.16. The van der Waals surface area contributed by atoms with Gasteiger partial charge in [0, 0.05) is 45.3 Å². The monoisotopic (exact) mass is 296 g/mol. The van der Waals surface area contributed by atoms with Gasteiger partial charge in [-0.3, -0.25) is 4.79 Å². The van der Waals surface area contributed by atoms with Crippen molar-refractivity contribution in [1.29, 1.82) is 0 Å². The minimum absolute atomic E-state index is 0.00414. The quantitative estimate of drug-likeness (QED) is 0.663. The Morgan fingerprint density at radius 3 is 3.29 bits per heavy atom. The molecule has 7 nitrogen and oxygen atoms in total. The van der Waals surface area contributed by atoms with E-state index >= 15 is 0 Å². The van der Waals surface area contributed by atoms with Crippen LogP contribution in [0.5, 0.6) is 0 Å². The normalized spacial score (nSPS) is 19.6. The topological polar surface area (TPSA) is 91.4 Å². The number of carbonyl (C=O) groups excluding carboxylic acids is 1. The van der Waals surface area contributed by atoms with E-state index in [1.807, 2.05) is 4.57 Å². The predicted molar refractivity (Wildman–Crippen MR) is 77.6 cm³/mol. The molecule has 7 heteroatoms. The third kappa shape index (κ3) is 4.52. The molecule has 0 aliphatic carbocycles. The van der Waals surface area contributed by atoms with Gasteiger partial charge in [0.1, 0.15) is 0 Å². The van der Waals surface area contributed by atoms with Gasteiger partial charge < -0.3 is 25.1 Å². The molecule has 118 valence electrons. The maximum absolute atomic E-state index is 11.7. The van der Waals surface area contributed by atoms with Crippen molar-refractivity contribution in [1.82, 2.24) is 14.9 Å². The molecule has 0 aromatic carbocycles. The highest BCUT2D eigenvalue weighted by Crippen LogP contribution is 2.26. The van der Waals surface area contributed by atoms with Gasteiger partial charge in [0.2, 0.25) is 5.91 Å². The first-order valence-electron chi connectivity index (χ1n) is 7.31. The highest BCUT2D eigenvalue weighted by Gasteiger charge is 2.26. The van der Waals surface area contributed by atoms with E-state index in [2.05, 4.69) is 10.3 Å². The molecule has 2 unspecified atom stereocenters. The van der Waals surface area contributed by atoms with E-state index in [4.69, 9.17) is 15.2 Å². The largest absolute Gasteiger partial charge is 0.383 e. The number of ether oxygens (including phenoxy) is 2. The first-order chi connectivity index (χ1) is 10.2. The number of nitrogens with one attached hydrogen (secondary N) is 1. The molecule has 2 heterocycles. The lowest BCUT2D eigenvalue weighted by atomic mass is 9.97. The number of hydrogen-bond acceptors (Lipinski definition) is 5. The fraction of sp³-hybridized carbons (Fsp3) is 0.714. The van der Waals surface area contributed by atoms with Crippen molar-refractivity contribution >= 4 is 5.91 Å². The summed E-state index contributed by atoms with van der Waals surface area (Å²) in [5.74, 6) is 0.334. The minimum atomic E-state index is -0.0912. The Labute approximate surface area is 124 Å². The van der Waals surface area contributed by atoms with Crippen LogP contribution in [0, 0.1) is 5.92 Å². The van der Waals surface area contributed by atoms with Gasteiger partial charge in [0.15, 0.2) is 0 Å². The molecular weight excluding hydrogens is 272 g/mol. The third-order valence-corrected chi connectivity index (χ3v) is 3.77. The van der Waals surface area contributed by atoms with Gasteiger partial charge in [-0.15, -0.1) is 0 Å². The molecule has 1 aliphatic rings. The summed E-state index contributed by atoms with van der Waals surface area (Å²) in [6.45, 7) is 3.10. The first-order valence-corrected chi connectivity index (χ1v) is 7.31. The van der Waals surface area contributed by atoms with Crippen LogP contribution >= 0.6 is 0 Å². The second-order valence-electron chi connectivity index (χ2n) is 5.25. The van der Waals surface area contributed by atoms with Gasteiger partial charge in [0.25, 0.3) is 0 Å². The number of amides is 1. The standard InChI is InChI=1S/C14H24N4O3/c1-20-7-4-17-13(19)2-5-18-10-16-8-12(18)14(15)11-3-6-21-9-11/h8,10-11,14H,2-7,9,15H2,1H3,(H,17,19). The number of imidazole rings is 1. The molecule has 3 N–H and O–H groups in total. The van der Waals surface area contributed by atoms with Crippen molar-refractivity contribution < 1.29 is 14.3 Å². The van der Waals surface area contributed by atoms with E-state index < -0.39 is 0 Å². The summed E-state index contributed by atoms with van der Waals surface area (Å²) in [6.07, 6.45) is 4.89. The number of carbonyl (C=O) groups is 1. The number of hydrogen-bond donors (Lipinski definition) is 2. The zero-order valence-corrected chi connectivity index (χ0v) is 12.5. The fourth-order valence-corrected chi connectivity index (χ4v) is 2.48. The zero-order valence-electron chi connectivity index (χ0n) is 12.5. The Morgan fingerprint density at radius 1 is 1.71 bits per heavy atom. The lowest BCUT2D eigenvalue weighted by Gasteiger charge is -2.19. The average Bonchev–Trinajstić information content (AvgIpc) is 3.16. The summed E-state index contributed by atoms with van der Waals surface area (Å²) >= 11 is 0. The van der Waals surface area contributed by atoms with Crippen molar-refractivity contribution in [2.24, 2.45) is 11.7 Å². The van der Waals surface area contributed by atoms with Crippen LogP contribution in [0.4, 0.5) is 0 Å². The molecule has 0 radical (unpaired) electrons. The molecule has 21 heavy (non-hydrogen) atoms. The van der Waals surface area contributed by atoms with Gasteiger partial charge >= 0.3 is 0 Å². The number of aromatic nitrogens is 2. The minimum Gasteiger partial charge on any atom is -0.383 e. The van der Waals surface area contributed by atoms with E-state index in [0.29, 0.717) is 38.6 Å². The predicted octanol–water partition coefficient (Wildman–Crippen LogP) is 0.0721. The zero-order chi connectivity index (χ0) is 15.1. The van der Waals surface area contributed by atoms with Crippen LogP contribution < -0.4 is 11.1 Å². The number of aryl methyl sites for hydroxylation is 1. The SMILES string of the molecule is COCCNC(=O)CCn1cncc1C(N)C1CCOC1. The molecule has 1 aromatic rings. The smallest absolute Gasteiger partial charge is 0.221 e. The maximum atomic E-state index is 11.7. The van der Waals surface area contributed by atoms with Crippen LogP contribution in [0.1, 0.15) is 24.6 Å². The van der Waals surface area contributed by atoms with Crippen LogP contribution in [-0.2, 0) is 20.8 Å². The summed E-state index contributed by atoms with van der Waals surface area (Å²) < 4.78 is 12.2. The van der Waals surface area contributed by atoms with E-state index in [1.54, 1.807) is 19.6 Å². The van der Waals surface area contributed by atoms with Crippen molar-refractivity contribution in [3.63, 3.8) is 0 Å². The van der Waals surface area contributed by atoms with Gasteiger partial charge in [-0.1, -0.05) is 0 Å². The summed E-state index contributed by atoms with van der Waals surface area (Å²) in [5, 5.41) is 2.80. The van der Waals surface area contributed by atoms with Gasteiger partial charge in [0.05, 0.1) is 31.3 Å². The van der Waals surface area contributed by atoms with E-state index in [0.717, 1.165) is 18.7 Å². The van der Waals surface area contributed by atoms with Crippen molar-refractivity contribution in [3.05, 3.63) is 18.2 Å². The van der Waals surface area contributed by atoms with E-state index in [9.17, 15) is 4.79 Å². The second kappa shape index (κ2) is 8.11. The first kappa shape index (κ1) is 15.9. The molecule has 1 saturated heterocycles. The van der Waals surface area contributed by atoms with E-state index in [1.165, 1.54) is 0 Å². The lowest BCUT2D eigenvalue weighted by molar-refractivity contribution is -0.121. The van der Waals surface area contributed by atoms with Crippen LogP contribution in [0.25, 0.3) is 0 Å². The number of nitrogens with two attached hydrogens (primary N) is 1. The van der Waals surface area contributed by atoms with Crippen molar-refractivity contribution in [2.75, 3.05) is 33.5 Å². The van der Waals surface area contributed by atoms with Crippen LogP contribution in [0.15, 0.2) is 12.5 Å². The summed E-state index contributed by atoms with van der Waals surface area (Å²) in [4.78, 5) is 15.9. The number of methoxy groups -OCH3 is 1. The van der Waals surface area contributed by atoms with Gasteiger partial charge in [-0.25, -0.2) is 4.98 Å². The molecule has 0 bridgehead atoms. The molecule has 0 spiro atoms. The van der Waals surface area contributed by atoms with Crippen molar-refractivity contribution in [2.45, 2.75) is 25.4 Å². The summed E-state index contributed by atoms with van der Waals surface area (Å²) in [7, 11) is 1.61. The highest BCUT2D eigenvalue weighted by molar-refractivity contribution is 5.75. The maximum Gasteiger partial charge on any atom is 0.221 e. The highest BCUT2D eigenvalue weighted by atomic mass is 16.5. The fourth-order valence-electron chi connectivity index (χ4n) is 2.48. The number of nitrogens with zero attached hydrogens (tertiary/aromatic N) is 2. The molecule has 1 aromatic heterocycles. The van der Waals surface area contributed by atoms with Gasteiger partial charge in [-0.05, 0) is 6.42 Å². The van der Waals surface area contributed by atoms with Crippen molar-refractivity contribution in [3.8, 4) is 0 Å². The van der Waals surface area contributed by atoms with Crippen LogP contribution in [0.3, 0.4) is 0 Å². The number of rotatable bonds is 8. The lowest BCUT2D eigenvalue weighted by Crippen LogP contribution is -2.29. The van der Waals surface area contributed by atoms with Crippen LogP contribution in [0.2, 0.25) is 0 Å². The Hall–Kier alpha value is -1.44.